The molecular formula is C56H101NO10P2-2. The van der Waals surface area contributed by atoms with Crippen molar-refractivity contribution in [1.82, 2.24) is 4.90 Å². The van der Waals surface area contributed by atoms with Crippen molar-refractivity contribution in [1.29, 1.82) is 0 Å². The molecule has 13 heteroatoms. The third-order valence-corrected chi connectivity index (χ3v) is 17.2. The number of hydrogen-bond donors (Lipinski definition) is 0. The Bertz CT molecular complexity index is 1460. The first-order valence-electron chi connectivity index (χ1n) is 28.1. The van der Waals surface area contributed by atoms with E-state index in [1.54, 1.807) is 0 Å². The SMILES string of the molecule is CCCCC/C=C\C/C=C\CCCCCCCCC1(CCCCCCCC/C=C\C/C=C\CCCCC)CCC2(CC1)O[C@H]1C[C@H](CCCOP(=O)([O-])OC)[C@H](N(C)CCOP(=O)([O-])OC)C[C@@H]1O2. The quantitative estimate of drug-likeness (QED) is 0.0328. The Morgan fingerprint density at radius 3 is 1.43 bits per heavy atom. The number of nitrogens with zero attached hydrogens (tertiary/aromatic N) is 1. The molecule has 2 unspecified atom stereocenters. The van der Waals surface area contributed by atoms with E-state index in [-0.39, 0.29) is 37.4 Å². The third kappa shape index (κ3) is 27.3. The Morgan fingerprint density at radius 1 is 0.551 bits per heavy atom. The average Bonchev–Trinajstić information content (AvgIpc) is 3.69. The number of fused-ring (bicyclic) bond motifs is 1. The van der Waals surface area contributed by atoms with Gasteiger partial charge in [0.1, 0.15) is 0 Å². The number of likely N-dealkylation sites (N-methyl/N-ethyl adjacent to an activating group) is 1. The fourth-order valence-electron chi connectivity index (χ4n) is 11.0. The van der Waals surface area contributed by atoms with Crippen LogP contribution in [0.4, 0.5) is 0 Å². The predicted molar refractivity (Wildman–Crippen MR) is 281 cm³/mol. The molecule has 0 amide bonds. The van der Waals surface area contributed by atoms with Crippen LogP contribution in [-0.4, -0.2) is 70.0 Å². The van der Waals surface area contributed by atoms with Crippen LogP contribution in [0.5, 0.6) is 0 Å². The first kappa shape index (κ1) is 62.4. The van der Waals surface area contributed by atoms with Gasteiger partial charge in [0.05, 0.1) is 25.4 Å². The van der Waals surface area contributed by atoms with Gasteiger partial charge >= 0.3 is 0 Å². The maximum atomic E-state index is 11.9. The summed E-state index contributed by atoms with van der Waals surface area (Å²) >= 11 is 0. The molecule has 402 valence electrons. The van der Waals surface area contributed by atoms with E-state index >= 15 is 0 Å². The topological polar surface area (TPSA) is 139 Å². The van der Waals surface area contributed by atoms with Crippen molar-refractivity contribution in [3.05, 3.63) is 48.6 Å². The molecule has 3 fully saturated rings. The van der Waals surface area contributed by atoms with Crippen LogP contribution >= 0.6 is 15.6 Å². The van der Waals surface area contributed by atoms with E-state index in [2.05, 4.69) is 76.4 Å². The highest BCUT2D eigenvalue weighted by atomic mass is 31.2. The minimum atomic E-state index is -4.34. The molecule has 0 radical (unpaired) electrons. The number of ether oxygens (including phenoxy) is 2. The zero-order chi connectivity index (χ0) is 49.9. The molecule has 0 N–H and O–H groups in total. The normalized spacial score (nSPS) is 23.3. The Labute approximate surface area is 422 Å². The van der Waals surface area contributed by atoms with Gasteiger partial charge in [-0.05, 0) is 134 Å². The zero-order valence-electron chi connectivity index (χ0n) is 44.5. The van der Waals surface area contributed by atoms with E-state index in [1.165, 1.54) is 154 Å². The fourth-order valence-corrected chi connectivity index (χ4v) is 11.8. The Kier molecular flexibility index (Phi) is 33.3. The lowest BCUT2D eigenvalue weighted by atomic mass is 9.66. The molecule has 3 aliphatic rings. The molecule has 1 heterocycles. The van der Waals surface area contributed by atoms with Gasteiger partial charge in [-0.3, -0.25) is 9.13 Å². The zero-order valence-corrected chi connectivity index (χ0v) is 46.3. The Morgan fingerprint density at radius 2 is 0.971 bits per heavy atom. The van der Waals surface area contributed by atoms with Crippen molar-refractivity contribution in [2.75, 3.05) is 41.0 Å². The molecule has 1 saturated heterocycles. The van der Waals surface area contributed by atoms with E-state index in [4.69, 9.17) is 18.5 Å². The van der Waals surface area contributed by atoms with Crippen LogP contribution < -0.4 is 9.79 Å². The van der Waals surface area contributed by atoms with Gasteiger partial charge in [0.25, 0.3) is 15.6 Å². The van der Waals surface area contributed by atoms with Crippen molar-refractivity contribution in [3.63, 3.8) is 0 Å². The first-order chi connectivity index (χ1) is 33.4. The molecule has 0 aromatic heterocycles. The number of rotatable bonds is 42. The lowest BCUT2D eigenvalue weighted by molar-refractivity contribution is -0.224. The van der Waals surface area contributed by atoms with E-state index in [1.807, 2.05) is 7.05 Å². The van der Waals surface area contributed by atoms with Crippen molar-refractivity contribution < 1.29 is 46.5 Å². The lowest BCUT2D eigenvalue weighted by Gasteiger charge is -2.44. The number of phosphoric ester groups is 2. The van der Waals surface area contributed by atoms with Crippen LogP contribution in [-0.2, 0) is 36.7 Å². The molecule has 0 aromatic rings. The van der Waals surface area contributed by atoms with Crippen molar-refractivity contribution in [2.45, 2.75) is 256 Å². The van der Waals surface area contributed by atoms with Gasteiger partial charge in [-0.1, -0.05) is 152 Å². The Hall–Kier alpha value is -0.940. The first-order valence-corrected chi connectivity index (χ1v) is 31.0. The third-order valence-electron chi connectivity index (χ3n) is 15.3. The van der Waals surface area contributed by atoms with Gasteiger partial charge in [-0.25, -0.2) is 0 Å². The number of allylic oxidation sites excluding steroid dienone is 8. The second-order valence-electron chi connectivity index (χ2n) is 20.7. The number of hydrogen-bond acceptors (Lipinski definition) is 11. The van der Waals surface area contributed by atoms with Gasteiger partial charge in [0.2, 0.25) is 0 Å². The van der Waals surface area contributed by atoms with Crippen LogP contribution in [0.25, 0.3) is 0 Å². The van der Waals surface area contributed by atoms with Gasteiger partial charge in [-0.2, -0.15) is 0 Å². The highest BCUT2D eigenvalue weighted by Gasteiger charge is 2.54. The monoisotopic (exact) mass is 1010 g/mol. The summed E-state index contributed by atoms with van der Waals surface area (Å²) in [6, 6.07) is 0.0685. The molecule has 0 aromatic carbocycles. The second kappa shape index (κ2) is 36.9. The van der Waals surface area contributed by atoms with Gasteiger partial charge < -0.3 is 42.3 Å². The fraction of sp³-hybridized carbons (Fsp3) is 0.857. The lowest BCUT2D eigenvalue weighted by Crippen LogP contribution is -2.49. The molecule has 1 spiro atoms. The molecule has 3 rings (SSSR count). The maximum absolute atomic E-state index is 11.9. The van der Waals surface area contributed by atoms with Gasteiger partial charge in [-0.15, -0.1) is 0 Å². The largest absolute Gasteiger partial charge is 0.756 e. The summed E-state index contributed by atoms with van der Waals surface area (Å²) < 4.78 is 56.9. The molecule has 11 nitrogen and oxygen atoms in total. The number of unbranched alkanes of at least 4 members (excludes halogenated alkanes) is 18. The molecule has 6 atom stereocenters. The number of phosphoric acid groups is 2. The van der Waals surface area contributed by atoms with Crippen molar-refractivity contribution in [3.8, 4) is 0 Å². The summed E-state index contributed by atoms with van der Waals surface area (Å²) in [6.45, 7) is 4.93. The molecule has 2 aliphatic carbocycles. The minimum absolute atomic E-state index is 0.0214. The average molecular weight is 1010 g/mol. The summed E-state index contributed by atoms with van der Waals surface area (Å²) in [5.74, 6) is -0.396. The van der Waals surface area contributed by atoms with Crippen molar-refractivity contribution in [2.24, 2.45) is 11.3 Å². The summed E-state index contributed by atoms with van der Waals surface area (Å²) in [5.41, 5.74) is 0.341. The van der Waals surface area contributed by atoms with Crippen LogP contribution in [0, 0.1) is 11.3 Å². The molecule has 0 bridgehead atoms. The predicted octanol–water partition coefficient (Wildman–Crippen LogP) is 15.2. The van der Waals surface area contributed by atoms with Crippen LogP contribution in [0.1, 0.15) is 232 Å². The summed E-state index contributed by atoms with van der Waals surface area (Å²) in [5, 5.41) is 0. The molecule has 2 saturated carbocycles. The smallest absolute Gasteiger partial charge is 0.267 e. The van der Waals surface area contributed by atoms with E-state index in [0.717, 1.165) is 72.0 Å². The van der Waals surface area contributed by atoms with Crippen LogP contribution in [0.3, 0.4) is 0 Å². The minimum Gasteiger partial charge on any atom is -0.756 e. The summed E-state index contributed by atoms with van der Waals surface area (Å²) in [6.07, 6.45) is 58.7. The van der Waals surface area contributed by atoms with E-state index < -0.39 is 21.4 Å². The van der Waals surface area contributed by atoms with Crippen LogP contribution in [0.2, 0.25) is 0 Å². The Balaban J connectivity index is 1.51. The van der Waals surface area contributed by atoms with Crippen LogP contribution in [0.15, 0.2) is 48.6 Å². The second-order valence-corrected chi connectivity index (χ2v) is 23.8. The summed E-state index contributed by atoms with van der Waals surface area (Å²) in [4.78, 5) is 25.9. The van der Waals surface area contributed by atoms with Gasteiger partial charge in [0.15, 0.2) is 5.79 Å². The van der Waals surface area contributed by atoms with E-state index in [9.17, 15) is 18.9 Å². The summed E-state index contributed by atoms with van der Waals surface area (Å²) in [7, 11) is -4.46. The van der Waals surface area contributed by atoms with E-state index in [0.29, 0.717) is 18.4 Å². The highest BCUT2D eigenvalue weighted by molar-refractivity contribution is 7.46. The molecular weight excluding hydrogens is 909 g/mol. The van der Waals surface area contributed by atoms with Gasteiger partial charge in [0, 0.05) is 39.6 Å². The van der Waals surface area contributed by atoms with Crippen molar-refractivity contribution >= 4 is 15.6 Å². The molecule has 69 heavy (non-hydrogen) atoms. The highest BCUT2D eigenvalue weighted by Crippen LogP contribution is 2.54. The maximum Gasteiger partial charge on any atom is 0.267 e. The standard InChI is InChI=1S/C56H103NO10P2/c1-6-8-10-12-14-16-18-20-22-24-26-28-30-32-34-36-40-55(41-37-35-33-31-29-27-25-23-21-19-17-15-13-11-9-7-2)42-44-56(45-43-55)66-53-49-51(39-38-47-64-68(58,59)62-4)52(50-54(53)67-56)57(3)46-48-65-69(60,61)63-5/h14-17,20-23,51-54H,6-13,18-19,24-50H2,1-5H3,(H,58,59)(H,60,61)/p-2/b16-14-,17-15-,22-20-,23-21-/t51-,52+,53-,54-/m0/s1. The molecule has 1 aliphatic heterocycles.